The van der Waals surface area contributed by atoms with Gasteiger partial charge in [0.2, 0.25) is 0 Å². The molecule has 1 aromatic heterocycles. The van der Waals surface area contributed by atoms with Crippen LogP contribution < -0.4 is 10.6 Å². The second kappa shape index (κ2) is 5.17. The average molecular weight is 265 g/mol. The van der Waals surface area contributed by atoms with Crippen LogP contribution in [-0.4, -0.2) is 18.1 Å². The maximum Gasteiger partial charge on any atom is 0.185 e. The molecule has 0 bridgehead atoms. The minimum Gasteiger partial charge on any atom is -0.348 e. The lowest BCUT2D eigenvalue weighted by atomic mass is 10.3. The van der Waals surface area contributed by atoms with E-state index in [1.807, 2.05) is 11.3 Å². The van der Waals surface area contributed by atoms with Crippen molar-refractivity contribution in [3.8, 4) is 0 Å². The molecule has 4 heteroatoms. The Labute approximate surface area is 113 Å². The summed E-state index contributed by atoms with van der Waals surface area (Å²) in [7, 11) is 0. The number of aryl methyl sites for hydroxylation is 1. The van der Waals surface area contributed by atoms with Crippen molar-refractivity contribution in [2.24, 2.45) is 17.6 Å². The molecule has 100 valence electrons. The summed E-state index contributed by atoms with van der Waals surface area (Å²) in [6.45, 7) is 5.25. The van der Waals surface area contributed by atoms with Crippen LogP contribution in [0.25, 0.3) is 0 Å². The summed E-state index contributed by atoms with van der Waals surface area (Å²) in [5.74, 6) is 1.86. The zero-order chi connectivity index (χ0) is 12.5. The quantitative estimate of drug-likeness (QED) is 0.824. The number of hydrogen-bond donors (Lipinski definition) is 1. The highest BCUT2D eigenvalue weighted by Gasteiger charge is 2.30. The maximum absolute atomic E-state index is 5.82. The lowest BCUT2D eigenvalue weighted by Crippen LogP contribution is -2.27. The van der Waals surface area contributed by atoms with Gasteiger partial charge < -0.3 is 10.6 Å². The average Bonchev–Trinajstić information content (AvgIpc) is 3.29. The van der Waals surface area contributed by atoms with Crippen LogP contribution in [0.4, 0.5) is 5.13 Å². The first kappa shape index (κ1) is 12.4. The van der Waals surface area contributed by atoms with Crippen LogP contribution in [0.2, 0.25) is 0 Å². The Morgan fingerprint density at radius 3 is 2.22 bits per heavy atom. The van der Waals surface area contributed by atoms with Gasteiger partial charge in [-0.05, 0) is 43.9 Å². The van der Waals surface area contributed by atoms with Crippen LogP contribution >= 0.6 is 11.3 Å². The Morgan fingerprint density at radius 2 is 1.83 bits per heavy atom. The van der Waals surface area contributed by atoms with Gasteiger partial charge in [0.15, 0.2) is 5.13 Å². The van der Waals surface area contributed by atoms with Crippen molar-refractivity contribution in [3.63, 3.8) is 0 Å². The van der Waals surface area contributed by atoms with Crippen molar-refractivity contribution in [2.45, 2.75) is 45.6 Å². The van der Waals surface area contributed by atoms with Crippen molar-refractivity contribution in [2.75, 3.05) is 18.0 Å². The third-order valence-electron chi connectivity index (χ3n) is 3.91. The van der Waals surface area contributed by atoms with Crippen molar-refractivity contribution < 1.29 is 0 Å². The molecule has 2 aliphatic rings. The molecule has 2 saturated carbocycles. The minimum absolute atomic E-state index is 0.640. The highest BCUT2D eigenvalue weighted by atomic mass is 32.1. The van der Waals surface area contributed by atoms with Gasteiger partial charge in [0.25, 0.3) is 0 Å². The predicted molar refractivity (Wildman–Crippen MR) is 77.0 cm³/mol. The molecule has 1 heterocycles. The van der Waals surface area contributed by atoms with Crippen LogP contribution in [0.5, 0.6) is 0 Å². The molecule has 2 fully saturated rings. The van der Waals surface area contributed by atoms with Crippen LogP contribution in [0.15, 0.2) is 0 Å². The molecule has 2 N–H and O–H groups in total. The molecule has 0 amide bonds. The molecule has 0 radical (unpaired) electrons. The molecule has 0 spiro atoms. The lowest BCUT2D eigenvalue weighted by Gasteiger charge is -2.21. The molecule has 1 aromatic rings. The molecular weight excluding hydrogens is 242 g/mol. The first-order valence-electron chi connectivity index (χ1n) is 7.23. The topological polar surface area (TPSA) is 42.2 Å². The fourth-order valence-corrected chi connectivity index (χ4v) is 3.44. The van der Waals surface area contributed by atoms with Crippen molar-refractivity contribution in [1.82, 2.24) is 4.98 Å². The van der Waals surface area contributed by atoms with Crippen molar-refractivity contribution >= 4 is 16.5 Å². The molecule has 0 saturated heterocycles. The summed E-state index contributed by atoms with van der Waals surface area (Å²) in [5, 5.41) is 1.23. The third kappa shape index (κ3) is 2.86. The Hall–Kier alpha value is -0.610. The summed E-state index contributed by atoms with van der Waals surface area (Å²) >= 11 is 1.82. The Morgan fingerprint density at radius 1 is 1.22 bits per heavy atom. The Kier molecular flexibility index (Phi) is 3.57. The summed E-state index contributed by atoms with van der Waals surface area (Å²) < 4.78 is 0. The SMILES string of the molecule is CCc1nc(N(CC2CC2)CC2CC2)sc1CN. The van der Waals surface area contributed by atoms with Gasteiger partial charge in [0.1, 0.15) is 0 Å². The van der Waals surface area contributed by atoms with Gasteiger partial charge in [-0.1, -0.05) is 6.92 Å². The van der Waals surface area contributed by atoms with Gasteiger partial charge in [0, 0.05) is 24.5 Å². The molecule has 0 unspecified atom stereocenters. The summed E-state index contributed by atoms with van der Waals surface area (Å²) in [6.07, 6.45) is 6.66. The van der Waals surface area contributed by atoms with Gasteiger partial charge in [0.05, 0.1) is 5.69 Å². The molecular formula is C14H23N3S. The lowest BCUT2D eigenvalue weighted by molar-refractivity contribution is 0.676. The third-order valence-corrected chi connectivity index (χ3v) is 5.09. The van der Waals surface area contributed by atoms with Crippen molar-refractivity contribution in [1.29, 1.82) is 0 Å². The second-order valence-corrected chi connectivity index (χ2v) is 6.78. The highest BCUT2D eigenvalue weighted by Crippen LogP contribution is 2.37. The number of anilines is 1. The van der Waals surface area contributed by atoms with Crippen LogP contribution in [0.3, 0.4) is 0 Å². The first-order valence-corrected chi connectivity index (χ1v) is 8.05. The standard InChI is InChI=1S/C14H23N3S/c1-2-12-13(7-15)18-14(16-12)17(8-10-3-4-10)9-11-5-6-11/h10-11H,2-9,15H2,1H3. The molecule has 3 rings (SSSR count). The number of hydrogen-bond acceptors (Lipinski definition) is 4. The van der Waals surface area contributed by atoms with E-state index in [1.165, 1.54) is 54.5 Å². The van der Waals surface area contributed by atoms with Gasteiger partial charge in [-0.25, -0.2) is 4.98 Å². The molecule has 3 nitrogen and oxygen atoms in total. The normalized spacial score (nSPS) is 19.2. The monoisotopic (exact) mass is 265 g/mol. The molecule has 0 atom stereocenters. The number of aromatic nitrogens is 1. The molecule has 0 aliphatic heterocycles. The van der Waals surface area contributed by atoms with E-state index in [0.717, 1.165) is 18.3 Å². The van der Waals surface area contributed by atoms with E-state index < -0.39 is 0 Å². The van der Waals surface area contributed by atoms with Gasteiger partial charge >= 0.3 is 0 Å². The Bertz CT molecular complexity index is 372. The van der Waals surface area contributed by atoms with E-state index in [4.69, 9.17) is 10.7 Å². The van der Waals surface area contributed by atoms with Crippen LogP contribution in [0, 0.1) is 11.8 Å². The number of nitrogens with two attached hydrogens (primary N) is 1. The maximum atomic E-state index is 5.82. The number of thiazole rings is 1. The summed E-state index contributed by atoms with van der Waals surface area (Å²) in [6, 6.07) is 0. The van der Waals surface area contributed by atoms with E-state index in [2.05, 4.69) is 11.8 Å². The highest BCUT2D eigenvalue weighted by molar-refractivity contribution is 7.15. The zero-order valence-electron chi connectivity index (χ0n) is 11.2. The second-order valence-electron chi connectivity index (χ2n) is 5.72. The minimum atomic E-state index is 0.640. The van der Waals surface area contributed by atoms with E-state index in [1.54, 1.807) is 0 Å². The Balaban J connectivity index is 1.75. The van der Waals surface area contributed by atoms with Crippen LogP contribution in [-0.2, 0) is 13.0 Å². The summed E-state index contributed by atoms with van der Waals surface area (Å²) in [5.41, 5.74) is 7.04. The molecule has 18 heavy (non-hydrogen) atoms. The molecule has 0 aromatic carbocycles. The summed E-state index contributed by atoms with van der Waals surface area (Å²) in [4.78, 5) is 8.65. The fraction of sp³-hybridized carbons (Fsp3) is 0.786. The first-order chi connectivity index (χ1) is 8.80. The number of rotatable bonds is 7. The van der Waals surface area contributed by atoms with E-state index >= 15 is 0 Å². The predicted octanol–water partition coefficient (Wildman–Crippen LogP) is 2.79. The zero-order valence-corrected chi connectivity index (χ0v) is 12.0. The van der Waals surface area contributed by atoms with Gasteiger partial charge in [-0.15, -0.1) is 11.3 Å². The van der Waals surface area contributed by atoms with Gasteiger partial charge in [-0.3, -0.25) is 0 Å². The fourth-order valence-electron chi connectivity index (χ4n) is 2.40. The largest absolute Gasteiger partial charge is 0.348 e. The van der Waals surface area contributed by atoms with Crippen molar-refractivity contribution in [3.05, 3.63) is 10.6 Å². The number of nitrogens with zero attached hydrogens (tertiary/aromatic N) is 2. The van der Waals surface area contributed by atoms with Crippen LogP contribution in [0.1, 0.15) is 43.2 Å². The van der Waals surface area contributed by atoms with E-state index in [-0.39, 0.29) is 0 Å². The molecule has 2 aliphatic carbocycles. The smallest absolute Gasteiger partial charge is 0.185 e. The van der Waals surface area contributed by atoms with Gasteiger partial charge in [-0.2, -0.15) is 0 Å². The van der Waals surface area contributed by atoms with E-state index in [9.17, 15) is 0 Å². The van der Waals surface area contributed by atoms with E-state index in [0.29, 0.717) is 6.54 Å².